The number of hydrogen-bond acceptors (Lipinski definition) is 7. The van der Waals surface area contributed by atoms with Crippen LogP contribution in [-0.2, 0) is 21.3 Å². The summed E-state index contributed by atoms with van der Waals surface area (Å²) in [5.41, 5.74) is 0.894. The molecule has 1 unspecified atom stereocenters. The fourth-order valence-corrected chi connectivity index (χ4v) is 3.51. The largest absolute Gasteiger partial charge is 2.00 e. The van der Waals surface area contributed by atoms with Crippen LogP contribution >= 0.6 is 0 Å². The summed E-state index contributed by atoms with van der Waals surface area (Å²) in [5.74, 6) is -1.57. The van der Waals surface area contributed by atoms with E-state index in [1.165, 1.54) is 6.92 Å². The van der Waals surface area contributed by atoms with Crippen LogP contribution in [0.25, 0.3) is 0 Å². The molecule has 1 aliphatic rings. The van der Waals surface area contributed by atoms with Crippen LogP contribution in [0.5, 0.6) is 0 Å². The van der Waals surface area contributed by atoms with Gasteiger partial charge in [0.05, 0.1) is 11.3 Å². The summed E-state index contributed by atoms with van der Waals surface area (Å²) < 4.78 is 0. The number of hydrogen-bond donors (Lipinski definition) is 2. The number of nitrogens with zero attached hydrogens (tertiary/aromatic N) is 3. The molecule has 9 heteroatoms. The third-order valence-corrected chi connectivity index (χ3v) is 5.08. The first-order chi connectivity index (χ1) is 14.9. The van der Waals surface area contributed by atoms with Gasteiger partial charge in [-0.15, -0.1) is 10.2 Å². The molecule has 32 heavy (non-hydrogen) atoms. The Balaban J connectivity index is 0.00000363. The fourth-order valence-electron chi connectivity index (χ4n) is 3.51. The topological polar surface area (TPSA) is 111 Å². The predicted molar refractivity (Wildman–Crippen MR) is 117 cm³/mol. The number of aliphatic hydroxyl groups excluding tert-OH is 1. The van der Waals surface area contributed by atoms with Gasteiger partial charge in [0, 0.05) is 11.3 Å². The van der Waals surface area contributed by atoms with Gasteiger partial charge in [-0.05, 0) is 38.2 Å². The standard InChI is InChI=1S/C23H24N4O4.Ni/c1-4-27(5-2)20-21(29)16-12-9-13-17(18(16)22(20)30)25-26-19(14(3)28)23(31)24-15-10-7-6-8-11-15;/h6-13,20,28H,4-5H2,1-3H3,(H,24,31);/q;+2/b19-14-,26-25?;. The van der Waals surface area contributed by atoms with Crippen LogP contribution in [0.1, 0.15) is 41.5 Å². The van der Waals surface area contributed by atoms with E-state index in [9.17, 15) is 19.5 Å². The Labute approximate surface area is 196 Å². The van der Waals surface area contributed by atoms with Crippen LogP contribution in [0.3, 0.4) is 0 Å². The molecule has 0 saturated heterocycles. The molecule has 1 atom stereocenters. The van der Waals surface area contributed by atoms with E-state index in [2.05, 4.69) is 15.5 Å². The number of ketones is 2. The van der Waals surface area contributed by atoms with Crippen LogP contribution < -0.4 is 5.32 Å². The first-order valence-electron chi connectivity index (χ1n) is 10.0. The fraction of sp³-hybridized carbons (Fsp3) is 0.261. The van der Waals surface area contributed by atoms with E-state index in [4.69, 9.17) is 0 Å². The van der Waals surface area contributed by atoms with Gasteiger partial charge in [0.25, 0.3) is 5.91 Å². The Hall–Kier alpha value is -3.16. The summed E-state index contributed by atoms with van der Waals surface area (Å²) >= 11 is 0. The minimum atomic E-state index is -0.877. The Bertz CT molecular complexity index is 1070. The van der Waals surface area contributed by atoms with Gasteiger partial charge in [-0.3, -0.25) is 19.3 Å². The summed E-state index contributed by atoms with van der Waals surface area (Å²) in [6, 6.07) is 12.6. The molecule has 2 aromatic carbocycles. The SMILES string of the molecule is CCN(CC)C1C(=O)c2cccc(N=N/C(C(=O)Nc3ccccc3)=C(/C)O)c2C1=O.[Ni+2]. The summed E-state index contributed by atoms with van der Waals surface area (Å²) in [7, 11) is 0. The van der Waals surface area contributed by atoms with E-state index in [0.29, 0.717) is 24.3 Å². The van der Waals surface area contributed by atoms with Gasteiger partial charge in [-0.25, -0.2) is 0 Å². The van der Waals surface area contributed by atoms with Crippen LogP contribution in [0.4, 0.5) is 11.4 Å². The number of allylic oxidation sites excluding steroid dienone is 1. The van der Waals surface area contributed by atoms with Gasteiger partial charge in [-0.1, -0.05) is 44.2 Å². The molecular formula is C23H24N4NiO4+2. The van der Waals surface area contributed by atoms with Gasteiger partial charge < -0.3 is 10.4 Å². The normalized spacial score (nSPS) is 16.1. The van der Waals surface area contributed by atoms with Crippen LogP contribution in [0.2, 0.25) is 0 Å². The van der Waals surface area contributed by atoms with Gasteiger partial charge in [-0.2, -0.15) is 0 Å². The number of nitrogens with one attached hydrogen (secondary N) is 1. The van der Waals surface area contributed by atoms with E-state index >= 15 is 0 Å². The molecule has 0 bridgehead atoms. The minimum absolute atomic E-state index is 0. The molecule has 0 radical (unpaired) electrons. The van der Waals surface area contributed by atoms with Crippen LogP contribution in [0.15, 0.2) is 70.2 Å². The third-order valence-electron chi connectivity index (χ3n) is 5.08. The number of rotatable bonds is 7. The molecule has 3 rings (SSSR count). The number of benzene rings is 2. The first-order valence-corrected chi connectivity index (χ1v) is 10.0. The van der Waals surface area contributed by atoms with Crippen molar-refractivity contribution in [2.75, 3.05) is 18.4 Å². The summed E-state index contributed by atoms with van der Waals surface area (Å²) in [4.78, 5) is 40.2. The quantitative estimate of drug-likeness (QED) is 0.203. The van der Waals surface area contributed by atoms with Crippen molar-refractivity contribution in [1.82, 2.24) is 4.90 Å². The number of anilines is 1. The molecular weight excluding hydrogens is 455 g/mol. The van der Waals surface area contributed by atoms with E-state index in [1.54, 1.807) is 47.4 Å². The molecule has 0 saturated carbocycles. The number of carbonyl (C=O) groups is 3. The summed E-state index contributed by atoms with van der Waals surface area (Å²) in [6.45, 7) is 6.21. The smallest absolute Gasteiger partial charge is 0.510 e. The number of likely N-dealkylation sites (N-methyl/N-ethyl adjacent to an activating group) is 1. The molecule has 0 aromatic heterocycles. The second-order valence-corrected chi connectivity index (χ2v) is 7.01. The minimum Gasteiger partial charge on any atom is -0.510 e. The van der Waals surface area contributed by atoms with Crippen molar-refractivity contribution in [3.8, 4) is 0 Å². The Kier molecular flexibility index (Phi) is 8.58. The van der Waals surface area contributed by atoms with Crippen molar-refractivity contribution < 1.29 is 36.0 Å². The first kappa shape index (κ1) is 25.1. The van der Waals surface area contributed by atoms with E-state index in [0.717, 1.165) is 0 Å². The molecule has 8 nitrogen and oxygen atoms in total. The number of aliphatic hydroxyl groups is 1. The zero-order valence-corrected chi connectivity index (χ0v) is 18.9. The average molecular weight is 479 g/mol. The molecule has 2 N–H and O–H groups in total. The van der Waals surface area contributed by atoms with E-state index in [-0.39, 0.29) is 50.8 Å². The van der Waals surface area contributed by atoms with Gasteiger partial charge in [0.15, 0.2) is 17.3 Å². The maximum absolute atomic E-state index is 13.0. The van der Waals surface area contributed by atoms with Gasteiger partial charge in [0.1, 0.15) is 11.8 Å². The van der Waals surface area contributed by atoms with Crippen molar-refractivity contribution in [3.63, 3.8) is 0 Å². The molecule has 168 valence electrons. The molecule has 0 fully saturated rings. The van der Waals surface area contributed by atoms with Crippen molar-refractivity contribution >= 4 is 28.8 Å². The Morgan fingerprint density at radius 1 is 1.03 bits per heavy atom. The number of Topliss-reactive ketones (excluding diaryl/α,β-unsaturated/α-hetero) is 2. The van der Waals surface area contributed by atoms with E-state index < -0.39 is 11.9 Å². The predicted octanol–water partition coefficient (Wildman–Crippen LogP) is 4.29. The number of amides is 1. The van der Waals surface area contributed by atoms with E-state index in [1.807, 2.05) is 19.9 Å². The molecule has 2 aromatic rings. The zero-order chi connectivity index (χ0) is 22.5. The zero-order valence-electron chi connectivity index (χ0n) is 17.9. The maximum Gasteiger partial charge on any atom is 2.00 e. The van der Waals surface area contributed by atoms with Gasteiger partial charge >= 0.3 is 16.5 Å². The molecule has 0 spiro atoms. The van der Waals surface area contributed by atoms with Crippen LogP contribution in [-0.4, -0.2) is 46.6 Å². The van der Waals surface area contributed by atoms with Crippen molar-refractivity contribution in [2.24, 2.45) is 10.2 Å². The maximum atomic E-state index is 13.0. The molecule has 0 heterocycles. The molecule has 1 aliphatic carbocycles. The Morgan fingerprint density at radius 3 is 2.28 bits per heavy atom. The van der Waals surface area contributed by atoms with Crippen molar-refractivity contribution in [1.29, 1.82) is 0 Å². The number of para-hydroxylation sites is 1. The van der Waals surface area contributed by atoms with Crippen molar-refractivity contribution in [3.05, 3.63) is 71.1 Å². The number of carbonyl (C=O) groups excluding carboxylic acids is 3. The number of azo groups is 1. The Morgan fingerprint density at radius 2 is 1.69 bits per heavy atom. The average Bonchev–Trinajstić information content (AvgIpc) is 3.01. The summed E-state index contributed by atoms with van der Waals surface area (Å²) in [5, 5.41) is 20.5. The van der Waals surface area contributed by atoms with Crippen molar-refractivity contribution in [2.45, 2.75) is 26.8 Å². The molecule has 0 aliphatic heterocycles. The second-order valence-electron chi connectivity index (χ2n) is 7.01. The second kappa shape index (κ2) is 10.9. The van der Waals surface area contributed by atoms with Crippen LogP contribution in [0, 0.1) is 0 Å². The monoisotopic (exact) mass is 478 g/mol. The summed E-state index contributed by atoms with van der Waals surface area (Å²) in [6.07, 6.45) is 0. The molecule has 1 amide bonds. The van der Waals surface area contributed by atoms with Gasteiger partial charge in [0.2, 0.25) is 0 Å². The number of fused-ring (bicyclic) bond motifs is 1. The third kappa shape index (κ3) is 5.01.